The summed E-state index contributed by atoms with van der Waals surface area (Å²) in [6.07, 6.45) is 6.37. The summed E-state index contributed by atoms with van der Waals surface area (Å²) >= 11 is 0. The minimum absolute atomic E-state index is 0.211. The largest absolute Gasteiger partial charge is 0.395 e. The van der Waals surface area contributed by atoms with Crippen LogP contribution in [0.2, 0.25) is 0 Å². The van der Waals surface area contributed by atoms with Crippen molar-refractivity contribution in [2.24, 2.45) is 0 Å². The fourth-order valence-corrected chi connectivity index (χ4v) is 2.49. The van der Waals surface area contributed by atoms with Gasteiger partial charge in [-0.1, -0.05) is 12.8 Å². The zero-order valence-electron chi connectivity index (χ0n) is 10.2. The van der Waals surface area contributed by atoms with Gasteiger partial charge in [0.2, 0.25) is 0 Å². The average molecular weight is 230 g/mol. The number of rotatable bonds is 9. The van der Waals surface area contributed by atoms with Crippen molar-refractivity contribution in [2.75, 3.05) is 39.4 Å². The fourth-order valence-electron chi connectivity index (χ4n) is 2.49. The summed E-state index contributed by atoms with van der Waals surface area (Å²) in [5, 5.41) is 20.9. The number of hydrogen-bond acceptors (Lipinski definition) is 4. The molecule has 0 aliphatic heterocycles. The predicted molar refractivity (Wildman–Crippen MR) is 65.5 cm³/mol. The molecule has 0 aromatic heterocycles. The summed E-state index contributed by atoms with van der Waals surface area (Å²) in [7, 11) is 0. The molecule has 0 amide bonds. The third-order valence-corrected chi connectivity index (χ3v) is 3.32. The average Bonchev–Trinajstić information content (AvgIpc) is 2.81. The van der Waals surface area contributed by atoms with Gasteiger partial charge in [0.25, 0.3) is 0 Å². The minimum atomic E-state index is 0.211. The summed E-state index contributed by atoms with van der Waals surface area (Å²) in [6.45, 7) is 3.98. The lowest BCUT2D eigenvalue weighted by atomic mass is 10.2. The topological polar surface area (TPSA) is 55.7 Å². The summed E-state index contributed by atoms with van der Waals surface area (Å²) in [5.41, 5.74) is 0. The van der Waals surface area contributed by atoms with E-state index in [2.05, 4.69) is 10.2 Å². The molecule has 1 rings (SSSR count). The molecule has 96 valence electrons. The Hall–Kier alpha value is -0.160. The quantitative estimate of drug-likeness (QED) is 0.495. The van der Waals surface area contributed by atoms with E-state index in [1.54, 1.807) is 0 Å². The Balaban J connectivity index is 2.12. The van der Waals surface area contributed by atoms with Gasteiger partial charge in [0, 0.05) is 19.1 Å². The van der Waals surface area contributed by atoms with Crippen molar-refractivity contribution in [3.63, 3.8) is 0 Å². The molecule has 0 radical (unpaired) electrons. The van der Waals surface area contributed by atoms with Gasteiger partial charge in [-0.25, -0.2) is 0 Å². The number of hydrogen-bond donors (Lipinski definition) is 3. The first-order chi connectivity index (χ1) is 7.88. The van der Waals surface area contributed by atoms with Crippen LogP contribution in [0.4, 0.5) is 0 Å². The molecule has 16 heavy (non-hydrogen) atoms. The molecule has 0 atom stereocenters. The lowest BCUT2D eigenvalue weighted by Crippen LogP contribution is -2.37. The molecule has 3 N–H and O–H groups in total. The molecule has 4 nitrogen and oxygen atoms in total. The third kappa shape index (κ3) is 5.25. The number of nitrogens with one attached hydrogen (secondary N) is 1. The molecular weight excluding hydrogens is 204 g/mol. The van der Waals surface area contributed by atoms with E-state index in [0.29, 0.717) is 12.6 Å². The molecule has 1 fully saturated rings. The summed E-state index contributed by atoms with van der Waals surface area (Å²) in [4.78, 5) is 2.42. The van der Waals surface area contributed by atoms with E-state index in [9.17, 15) is 0 Å². The zero-order valence-corrected chi connectivity index (χ0v) is 10.2. The highest BCUT2D eigenvalue weighted by Gasteiger charge is 2.21. The van der Waals surface area contributed by atoms with Crippen LogP contribution in [0.25, 0.3) is 0 Å². The second-order valence-electron chi connectivity index (χ2n) is 4.53. The van der Waals surface area contributed by atoms with Gasteiger partial charge in [-0.15, -0.1) is 0 Å². The lowest BCUT2D eigenvalue weighted by Gasteiger charge is -2.28. The molecule has 0 aromatic carbocycles. The van der Waals surface area contributed by atoms with Crippen molar-refractivity contribution in [2.45, 2.75) is 38.1 Å². The van der Waals surface area contributed by atoms with Crippen LogP contribution in [0.3, 0.4) is 0 Å². The van der Waals surface area contributed by atoms with Gasteiger partial charge in [-0.2, -0.15) is 0 Å². The number of aliphatic hydroxyl groups is 2. The van der Waals surface area contributed by atoms with E-state index < -0.39 is 0 Å². The molecule has 0 heterocycles. The molecule has 1 aliphatic carbocycles. The SMILES string of the molecule is OCCNCCCN(CCO)C1CCCC1. The van der Waals surface area contributed by atoms with Crippen LogP contribution in [0.15, 0.2) is 0 Å². The maximum Gasteiger partial charge on any atom is 0.0558 e. The van der Waals surface area contributed by atoms with Crippen LogP contribution >= 0.6 is 0 Å². The zero-order chi connectivity index (χ0) is 11.6. The van der Waals surface area contributed by atoms with Crippen LogP contribution < -0.4 is 5.32 Å². The first-order valence-corrected chi connectivity index (χ1v) is 6.55. The van der Waals surface area contributed by atoms with Crippen LogP contribution in [0.5, 0.6) is 0 Å². The fraction of sp³-hybridized carbons (Fsp3) is 1.00. The predicted octanol–water partition coefficient (Wildman–Crippen LogP) is 0.195. The van der Waals surface area contributed by atoms with Crippen LogP contribution in [-0.4, -0.2) is 60.5 Å². The Morgan fingerprint density at radius 3 is 2.38 bits per heavy atom. The van der Waals surface area contributed by atoms with E-state index in [1.807, 2.05) is 0 Å². The van der Waals surface area contributed by atoms with Gasteiger partial charge in [-0.05, 0) is 32.4 Å². The van der Waals surface area contributed by atoms with Crippen molar-refractivity contribution < 1.29 is 10.2 Å². The maximum atomic E-state index is 9.05. The third-order valence-electron chi connectivity index (χ3n) is 3.32. The Morgan fingerprint density at radius 1 is 1.00 bits per heavy atom. The Bertz CT molecular complexity index is 161. The van der Waals surface area contributed by atoms with Gasteiger partial charge in [0.15, 0.2) is 0 Å². The number of nitrogens with zero attached hydrogens (tertiary/aromatic N) is 1. The van der Waals surface area contributed by atoms with Crippen molar-refractivity contribution >= 4 is 0 Å². The van der Waals surface area contributed by atoms with Crippen molar-refractivity contribution in [3.05, 3.63) is 0 Å². The van der Waals surface area contributed by atoms with E-state index in [-0.39, 0.29) is 13.2 Å². The smallest absolute Gasteiger partial charge is 0.0558 e. The van der Waals surface area contributed by atoms with E-state index in [4.69, 9.17) is 10.2 Å². The van der Waals surface area contributed by atoms with Crippen molar-refractivity contribution in [1.29, 1.82) is 0 Å². The van der Waals surface area contributed by atoms with E-state index in [0.717, 1.165) is 26.1 Å². The maximum absolute atomic E-state index is 9.05. The van der Waals surface area contributed by atoms with Crippen LogP contribution in [-0.2, 0) is 0 Å². The summed E-state index contributed by atoms with van der Waals surface area (Å²) in [5.74, 6) is 0. The van der Waals surface area contributed by atoms with Gasteiger partial charge in [0.05, 0.1) is 13.2 Å². The highest BCUT2D eigenvalue weighted by Crippen LogP contribution is 2.23. The molecule has 0 spiro atoms. The first-order valence-electron chi connectivity index (χ1n) is 6.55. The van der Waals surface area contributed by atoms with E-state index >= 15 is 0 Å². The van der Waals surface area contributed by atoms with Gasteiger partial charge >= 0.3 is 0 Å². The Morgan fingerprint density at radius 2 is 1.75 bits per heavy atom. The summed E-state index contributed by atoms with van der Waals surface area (Å²) in [6, 6.07) is 0.699. The van der Waals surface area contributed by atoms with Crippen molar-refractivity contribution in [3.8, 4) is 0 Å². The second-order valence-corrected chi connectivity index (χ2v) is 4.53. The van der Waals surface area contributed by atoms with Crippen LogP contribution in [0.1, 0.15) is 32.1 Å². The van der Waals surface area contributed by atoms with Crippen LogP contribution in [0, 0.1) is 0 Å². The molecule has 0 aromatic rings. The molecule has 0 bridgehead atoms. The van der Waals surface area contributed by atoms with Gasteiger partial charge in [0.1, 0.15) is 0 Å². The molecular formula is C12H26N2O2. The Kier molecular flexibility index (Phi) is 7.76. The first kappa shape index (κ1) is 13.9. The standard InChI is InChI=1S/C12H26N2O2/c15-10-7-13-6-3-8-14(9-11-16)12-4-1-2-5-12/h12-13,15-16H,1-11H2. The van der Waals surface area contributed by atoms with Crippen molar-refractivity contribution in [1.82, 2.24) is 10.2 Å². The van der Waals surface area contributed by atoms with E-state index in [1.165, 1.54) is 25.7 Å². The minimum Gasteiger partial charge on any atom is -0.395 e. The normalized spacial score (nSPS) is 17.4. The summed E-state index contributed by atoms with van der Waals surface area (Å²) < 4.78 is 0. The molecule has 0 saturated heterocycles. The van der Waals surface area contributed by atoms with Gasteiger partial charge < -0.3 is 15.5 Å². The molecule has 0 unspecified atom stereocenters. The Labute approximate surface area is 98.6 Å². The number of aliphatic hydroxyl groups excluding tert-OH is 2. The second kappa shape index (κ2) is 8.93. The van der Waals surface area contributed by atoms with Gasteiger partial charge in [-0.3, -0.25) is 4.90 Å². The highest BCUT2D eigenvalue weighted by molar-refractivity contribution is 4.77. The monoisotopic (exact) mass is 230 g/mol. The molecule has 1 aliphatic rings. The molecule has 1 saturated carbocycles. The molecule has 4 heteroatoms. The lowest BCUT2D eigenvalue weighted by molar-refractivity contribution is 0.150. The highest BCUT2D eigenvalue weighted by atomic mass is 16.3.